The van der Waals surface area contributed by atoms with Crippen molar-refractivity contribution in [3.05, 3.63) is 167 Å². The van der Waals surface area contributed by atoms with Crippen molar-refractivity contribution in [3.63, 3.8) is 0 Å². The molecule has 2 heterocycles. The minimum atomic E-state index is -0.187. The smallest absolute Gasteiger partial charge is 0.149 e. The van der Waals surface area contributed by atoms with Gasteiger partial charge in [-0.1, -0.05) is 190 Å². The molecule has 0 radical (unpaired) electrons. The molecular weight excluding hydrogens is 827 g/mol. The maximum absolute atomic E-state index is 12.4. The lowest BCUT2D eigenvalue weighted by Gasteiger charge is -2.28. The van der Waals surface area contributed by atoms with Gasteiger partial charge >= 0.3 is 0 Å². The number of rotatable bonds is 8. The summed E-state index contributed by atoms with van der Waals surface area (Å²) in [5.74, 6) is 1.37. The Morgan fingerprint density at radius 1 is 0.471 bits per heavy atom. The Bertz CT molecular complexity index is 3150. The molecule has 0 spiro atoms. The van der Waals surface area contributed by atoms with Crippen LogP contribution in [0, 0.1) is 0 Å². The molecule has 0 amide bonds. The van der Waals surface area contributed by atoms with Crippen molar-refractivity contribution in [2.45, 2.75) is 144 Å². The predicted molar refractivity (Wildman–Crippen MR) is 291 cm³/mol. The van der Waals surface area contributed by atoms with E-state index in [0.29, 0.717) is 0 Å². The van der Waals surface area contributed by atoms with Crippen LogP contribution in [0.15, 0.2) is 134 Å². The van der Waals surface area contributed by atoms with Crippen LogP contribution in [-0.4, -0.2) is 19.6 Å². The largest absolute Gasteiger partial charge is 0.507 e. The second kappa shape index (κ2) is 17.7. The van der Waals surface area contributed by atoms with E-state index < -0.39 is 0 Å². The molecule has 8 aromatic rings. The lowest BCUT2D eigenvalue weighted by atomic mass is 9.77. The molecule has 0 fully saturated rings. The number of aromatic hydroxyl groups is 1. The summed E-state index contributed by atoms with van der Waals surface area (Å²) in [7, 11) is 0. The first-order chi connectivity index (χ1) is 31.8. The van der Waals surface area contributed by atoms with Crippen LogP contribution >= 0.6 is 0 Å². The molecule has 0 aliphatic rings. The molecule has 0 saturated heterocycles. The lowest BCUT2D eigenvalue weighted by molar-refractivity contribution is 0.466. The number of imidazole rings is 1. The molecule has 6 aromatic carbocycles. The van der Waals surface area contributed by atoms with Gasteiger partial charge in [-0.05, 0) is 143 Å². The fourth-order valence-electron chi connectivity index (χ4n) is 9.59. The lowest BCUT2D eigenvalue weighted by Crippen LogP contribution is -2.17. The van der Waals surface area contributed by atoms with Crippen LogP contribution in [0.4, 0.5) is 0 Å². The van der Waals surface area contributed by atoms with E-state index in [4.69, 9.17) is 9.97 Å². The van der Waals surface area contributed by atoms with Gasteiger partial charge in [-0.15, -0.1) is 0 Å². The van der Waals surface area contributed by atoms with Gasteiger partial charge in [0.25, 0.3) is 0 Å². The van der Waals surface area contributed by atoms with Crippen LogP contribution in [0.2, 0.25) is 0 Å². The van der Waals surface area contributed by atoms with Crippen LogP contribution < -0.4 is 0 Å². The SMILES string of the molecule is CC(C)c1cc(-c2nc3c(-c4cc(-c5cc(-c6ccc(C(C)(C)C)cc6)ccn5)cc(C(C)(C)C)c4)cccc3n2-c2ccc(-c3ccccc3C(C)(C)C)c(C(C)(C)C)c2)c(O)c(C(C)C)c1. The van der Waals surface area contributed by atoms with Crippen LogP contribution in [0.5, 0.6) is 5.75 Å². The zero-order valence-electron chi connectivity index (χ0n) is 43.6. The molecule has 4 nitrogen and oxygen atoms in total. The first-order valence-electron chi connectivity index (χ1n) is 24.7. The molecule has 2 aromatic heterocycles. The Morgan fingerprint density at radius 3 is 1.74 bits per heavy atom. The van der Waals surface area contributed by atoms with E-state index in [1.807, 2.05) is 6.20 Å². The topological polar surface area (TPSA) is 50.9 Å². The van der Waals surface area contributed by atoms with Crippen LogP contribution in [0.25, 0.3) is 72.7 Å². The van der Waals surface area contributed by atoms with E-state index in [1.54, 1.807) is 0 Å². The highest BCUT2D eigenvalue weighted by Gasteiger charge is 2.28. The third kappa shape index (κ3) is 9.44. The Morgan fingerprint density at radius 2 is 1.10 bits per heavy atom. The maximum atomic E-state index is 12.4. The number of pyridine rings is 1. The Balaban J connectivity index is 1.40. The average molecular weight is 900 g/mol. The van der Waals surface area contributed by atoms with Gasteiger partial charge < -0.3 is 5.11 Å². The van der Waals surface area contributed by atoms with Gasteiger partial charge in [0.1, 0.15) is 11.6 Å². The highest BCUT2D eigenvalue weighted by atomic mass is 16.3. The highest BCUT2D eigenvalue weighted by Crippen LogP contribution is 2.45. The van der Waals surface area contributed by atoms with Crippen molar-refractivity contribution >= 4 is 11.0 Å². The Kier molecular flexibility index (Phi) is 12.5. The first-order valence-corrected chi connectivity index (χ1v) is 24.7. The van der Waals surface area contributed by atoms with Gasteiger partial charge in [-0.2, -0.15) is 0 Å². The molecule has 0 aliphatic heterocycles. The van der Waals surface area contributed by atoms with Gasteiger partial charge in [0.2, 0.25) is 0 Å². The van der Waals surface area contributed by atoms with Crippen molar-refractivity contribution in [2.75, 3.05) is 0 Å². The molecule has 1 N–H and O–H groups in total. The third-order valence-corrected chi connectivity index (χ3v) is 13.7. The molecule has 0 bridgehead atoms. The van der Waals surface area contributed by atoms with Gasteiger partial charge in [0.15, 0.2) is 0 Å². The zero-order valence-corrected chi connectivity index (χ0v) is 43.6. The molecule has 350 valence electrons. The summed E-state index contributed by atoms with van der Waals surface area (Å²) < 4.78 is 2.29. The second-order valence-corrected chi connectivity index (χ2v) is 23.8. The average Bonchev–Trinajstić information content (AvgIpc) is 3.67. The number of phenols is 1. The molecular formula is C64H73N3O. The van der Waals surface area contributed by atoms with Crippen molar-refractivity contribution in [1.82, 2.24) is 14.5 Å². The quantitative estimate of drug-likeness (QED) is 0.165. The molecule has 0 aliphatic carbocycles. The maximum Gasteiger partial charge on any atom is 0.149 e. The second-order valence-electron chi connectivity index (χ2n) is 23.8. The molecule has 4 heteroatoms. The van der Waals surface area contributed by atoms with Gasteiger partial charge in [0, 0.05) is 23.0 Å². The van der Waals surface area contributed by atoms with Gasteiger partial charge in [-0.3, -0.25) is 9.55 Å². The number of benzene rings is 6. The monoisotopic (exact) mass is 900 g/mol. The number of phenolic OH excluding ortho intramolecular Hbond substituents is 1. The van der Waals surface area contributed by atoms with Crippen molar-refractivity contribution in [1.29, 1.82) is 0 Å². The minimum Gasteiger partial charge on any atom is -0.507 e. The third-order valence-electron chi connectivity index (χ3n) is 13.7. The standard InChI is InChI=1S/C64H73N3O/c1-39(2)43-35-52(40(3)4)59(68)53(36-43)60-66-58-49(21-19-23-57(58)67(60)48-28-29-51(55(38-48)64(14,15)16)50-20-17-18-22-54(50)63(11,12)13)44-32-45(34-47(33-44)62(8,9)10)56-37-42(30-31-65-56)41-24-26-46(27-25-41)61(5,6)7/h17-40,68H,1-16H3. The highest BCUT2D eigenvalue weighted by molar-refractivity contribution is 5.97. The van der Waals surface area contributed by atoms with Gasteiger partial charge in [-0.25, -0.2) is 4.98 Å². The van der Waals surface area contributed by atoms with Crippen molar-refractivity contribution in [2.24, 2.45) is 0 Å². The van der Waals surface area contributed by atoms with Gasteiger partial charge in [0.05, 0.1) is 22.3 Å². The Hall–Kier alpha value is -6.26. The summed E-state index contributed by atoms with van der Waals surface area (Å²) in [5.41, 5.74) is 19.4. The fourth-order valence-corrected chi connectivity index (χ4v) is 9.59. The summed E-state index contributed by atoms with van der Waals surface area (Å²) in [6.45, 7) is 36.1. The first kappa shape index (κ1) is 48.2. The number of hydrogen-bond acceptors (Lipinski definition) is 3. The molecule has 0 saturated carbocycles. The number of fused-ring (bicyclic) bond motifs is 1. The van der Waals surface area contributed by atoms with E-state index in [-0.39, 0.29) is 39.2 Å². The normalized spacial score (nSPS) is 12.7. The Labute approximate surface area is 407 Å². The van der Waals surface area contributed by atoms with Crippen LogP contribution in [-0.2, 0) is 21.7 Å². The van der Waals surface area contributed by atoms with E-state index in [2.05, 4.69) is 243 Å². The number of aromatic nitrogens is 3. The summed E-state index contributed by atoms with van der Waals surface area (Å²) in [6, 6.07) is 46.9. The summed E-state index contributed by atoms with van der Waals surface area (Å²) in [4.78, 5) is 10.7. The summed E-state index contributed by atoms with van der Waals surface area (Å²) in [5, 5.41) is 12.4. The van der Waals surface area contributed by atoms with Crippen LogP contribution in [0.3, 0.4) is 0 Å². The predicted octanol–water partition coefficient (Wildman–Crippen LogP) is 17.9. The molecule has 0 atom stereocenters. The molecule has 68 heavy (non-hydrogen) atoms. The number of hydrogen-bond donors (Lipinski definition) is 1. The number of nitrogens with zero attached hydrogens (tertiary/aromatic N) is 3. The van der Waals surface area contributed by atoms with Crippen molar-refractivity contribution in [3.8, 4) is 67.5 Å². The summed E-state index contributed by atoms with van der Waals surface area (Å²) in [6.07, 6.45) is 1.93. The van der Waals surface area contributed by atoms with E-state index in [9.17, 15) is 5.11 Å². The fraction of sp³-hybridized carbons (Fsp3) is 0.344. The van der Waals surface area contributed by atoms with E-state index in [1.165, 1.54) is 44.5 Å². The van der Waals surface area contributed by atoms with E-state index >= 15 is 0 Å². The zero-order chi connectivity index (χ0) is 49.2. The van der Waals surface area contributed by atoms with E-state index in [0.717, 1.165) is 61.6 Å². The minimum absolute atomic E-state index is 0.0387. The molecule has 0 unspecified atom stereocenters. The van der Waals surface area contributed by atoms with Crippen LogP contribution in [0.1, 0.15) is 156 Å². The molecule has 8 rings (SSSR count). The number of para-hydroxylation sites is 1. The summed E-state index contributed by atoms with van der Waals surface area (Å²) >= 11 is 0. The van der Waals surface area contributed by atoms with Crippen molar-refractivity contribution < 1.29 is 5.11 Å².